The highest BCUT2D eigenvalue weighted by Gasteiger charge is 2.08. The molecule has 5 nitrogen and oxygen atoms in total. The van der Waals surface area contributed by atoms with Crippen LogP contribution in [0, 0.1) is 0 Å². The molecule has 19 heavy (non-hydrogen) atoms. The van der Waals surface area contributed by atoms with Crippen molar-refractivity contribution in [1.29, 1.82) is 0 Å². The molecule has 0 unspecified atom stereocenters. The van der Waals surface area contributed by atoms with Crippen LogP contribution in [0.15, 0.2) is 24.4 Å². The van der Waals surface area contributed by atoms with Crippen LogP contribution in [0.3, 0.4) is 0 Å². The van der Waals surface area contributed by atoms with E-state index in [0.717, 1.165) is 22.9 Å². The number of nitrogens with zero attached hydrogens (tertiary/aromatic N) is 2. The molecule has 2 aromatic rings. The van der Waals surface area contributed by atoms with Crippen molar-refractivity contribution in [3.8, 4) is 11.5 Å². The summed E-state index contributed by atoms with van der Waals surface area (Å²) in [4.78, 5) is 4.17. The summed E-state index contributed by atoms with van der Waals surface area (Å²) >= 11 is 5.92. The summed E-state index contributed by atoms with van der Waals surface area (Å²) in [5.41, 5.74) is 6.59. The van der Waals surface area contributed by atoms with Gasteiger partial charge in [0.05, 0.1) is 13.3 Å². The highest BCUT2D eigenvalue weighted by Crippen LogP contribution is 2.24. The Morgan fingerprint density at radius 3 is 2.79 bits per heavy atom. The zero-order valence-corrected chi connectivity index (χ0v) is 11.6. The maximum atomic E-state index is 5.92. The predicted octanol–water partition coefficient (Wildman–Crippen LogP) is 2.12. The molecule has 1 aromatic carbocycles. The van der Waals surface area contributed by atoms with Crippen LogP contribution >= 0.6 is 11.6 Å². The van der Waals surface area contributed by atoms with Gasteiger partial charge >= 0.3 is 0 Å². The number of methoxy groups -OCH3 is 1. The summed E-state index contributed by atoms with van der Waals surface area (Å²) < 4.78 is 12.7. The van der Waals surface area contributed by atoms with Crippen molar-refractivity contribution in [1.82, 2.24) is 9.55 Å². The monoisotopic (exact) mass is 281 g/mol. The third kappa shape index (κ3) is 3.00. The zero-order valence-electron chi connectivity index (χ0n) is 10.9. The van der Waals surface area contributed by atoms with Gasteiger partial charge in [-0.05, 0) is 18.2 Å². The fourth-order valence-electron chi connectivity index (χ4n) is 1.68. The van der Waals surface area contributed by atoms with Gasteiger partial charge < -0.3 is 19.8 Å². The van der Waals surface area contributed by atoms with E-state index in [1.54, 1.807) is 17.9 Å². The summed E-state index contributed by atoms with van der Waals surface area (Å²) in [6.45, 7) is 0.719. The van der Waals surface area contributed by atoms with E-state index >= 15 is 0 Å². The molecule has 0 aliphatic rings. The van der Waals surface area contributed by atoms with Gasteiger partial charge in [0, 0.05) is 19.2 Å². The highest BCUT2D eigenvalue weighted by molar-refractivity contribution is 6.29. The lowest BCUT2D eigenvalue weighted by Crippen LogP contribution is -2.06. The molecule has 0 fully saturated rings. The molecule has 1 aromatic heterocycles. The van der Waals surface area contributed by atoms with Gasteiger partial charge in [0.15, 0.2) is 0 Å². The summed E-state index contributed by atoms with van der Waals surface area (Å²) in [5.74, 6) is 2.24. The molecule has 2 rings (SSSR count). The fraction of sp³-hybridized carbons (Fsp3) is 0.308. The van der Waals surface area contributed by atoms with Gasteiger partial charge in [-0.25, -0.2) is 4.98 Å². The van der Waals surface area contributed by atoms with Crippen molar-refractivity contribution in [3.05, 3.63) is 40.9 Å². The largest absolute Gasteiger partial charge is 0.497 e. The normalized spacial score (nSPS) is 10.5. The van der Waals surface area contributed by atoms with E-state index in [2.05, 4.69) is 4.98 Å². The van der Waals surface area contributed by atoms with Crippen LogP contribution < -0.4 is 15.2 Å². The first-order chi connectivity index (χ1) is 9.15. The number of rotatable bonds is 5. The molecule has 0 atom stereocenters. The number of ether oxygens (including phenoxy) is 2. The predicted molar refractivity (Wildman–Crippen MR) is 73.4 cm³/mol. The molecule has 6 heteroatoms. The molecule has 0 aliphatic heterocycles. The van der Waals surface area contributed by atoms with Crippen LogP contribution in [0.2, 0.25) is 5.15 Å². The average molecular weight is 282 g/mol. The molecule has 0 spiro atoms. The smallest absolute Gasteiger partial charge is 0.147 e. The summed E-state index contributed by atoms with van der Waals surface area (Å²) in [6.07, 6.45) is 1.60. The van der Waals surface area contributed by atoms with Crippen LogP contribution in [-0.4, -0.2) is 16.7 Å². The van der Waals surface area contributed by atoms with E-state index in [1.807, 2.05) is 25.2 Å². The average Bonchev–Trinajstić information content (AvgIpc) is 2.76. The number of hydrogen-bond acceptors (Lipinski definition) is 4. The quantitative estimate of drug-likeness (QED) is 0.912. The number of benzene rings is 1. The number of nitrogens with two attached hydrogens (primary N) is 1. The lowest BCUT2D eigenvalue weighted by Gasteiger charge is -2.11. The first-order valence-corrected chi connectivity index (χ1v) is 6.19. The second kappa shape index (κ2) is 5.95. The minimum Gasteiger partial charge on any atom is -0.497 e. The number of hydrogen-bond donors (Lipinski definition) is 1. The molecule has 2 N–H and O–H groups in total. The van der Waals surface area contributed by atoms with Gasteiger partial charge in [-0.1, -0.05) is 11.6 Å². The van der Waals surface area contributed by atoms with Crippen molar-refractivity contribution in [2.75, 3.05) is 7.11 Å². The fourth-order valence-corrected chi connectivity index (χ4v) is 1.83. The van der Waals surface area contributed by atoms with Crippen molar-refractivity contribution in [2.45, 2.75) is 13.2 Å². The van der Waals surface area contributed by atoms with Crippen LogP contribution in [0.5, 0.6) is 11.5 Å². The molecular weight excluding hydrogens is 266 g/mol. The van der Waals surface area contributed by atoms with Crippen LogP contribution in [-0.2, 0) is 20.2 Å². The Morgan fingerprint density at radius 1 is 1.42 bits per heavy atom. The van der Waals surface area contributed by atoms with Gasteiger partial charge in [-0.2, -0.15) is 0 Å². The first kappa shape index (κ1) is 13.7. The summed E-state index contributed by atoms with van der Waals surface area (Å²) in [7, 11) is 3.46. The second-order valence-electron chi connectivity index (χ2n) is 4.02. The maximum absolute atomic E-state index is 5.92. The van der Waals surface area contributed by atoms with Gasteiger partial charge in [0.2, 0.25) is 0 Å². The first-order valence-electron chi connectivity index (χ1n) is 5.81. The Balaban J connectivity index is 2.13. The Hall–Kier alpha value is -1.72. The van der Waals surface area contributed by atoms with Crippen LogP contribution in [0.4, 0.5) is 0 Å². The lowest BCUT2D eigenvalue weighted by molar-refractivity contribution is 0.288. The molecule has 102 valence electrons. The Bertz CT molecular complexity index is 569. The van der Waals surface area contributed by atoms with Gasteiger partial charge in [0.1, 0.15) is 29.1 Å². The Kier molecular flexibility index (Phi) is 4.29. The topological polar surface area (TPSA) is 62.3 Å². The van der Waals surface area contributed by atoms with E-state index in [9.17, 15) is 0 Å². The SMILES string of the molecule is COc1ccc(OCc2ncc(Cl)n2C)c(CN)c1. The molecule has 0 amide bonds. The minimum absolute atomic E-state index is 0.336. The third-order valence-electron chi connectivity index (χ3n) is 2.87. The lowest BCUT2D eigenvalue weighted by atomic mass is 10.2. The molecule has 0 aliphatic carbocycles. The maximum Gasteiger partial charge on any atom is 0.147 e. The Morgan fingerprint density at radius 2 is 2.21 bits per heavy atom. The second-order valence-corrected chi connectivity index (χ2v) is 4.41. The molecule has 1 heterocycles. The van der Waals surface area contributed by atoms with Crippen molar-refractivity contribution in [2.24, 2.45) is 12.8 Å². The van der Waals surface area contributed by atoms with Crippen LogP contribution in [0.25, 0.3) is 0 Å². The third-order valence-corrected chi connectivity index (χ3v) is 3.22. The highest BCUT2D eigenvalue weighted by atomic mass is 35.5. The van der Waals surface area contributed by atoms with E-state index in [-0.39, 0.29) is 0 Å². The van der Waals surface area contributed by atoms with E-state index in [0.29, 0.717) is 18.3 Å². The van der Waals surface area contributed by atoms with Gasteiger partial charge in [0.25, 0.3) is 0 Å². The molecular formula is C13H16ClN3O2. The number of aromatic nitrogens is 2. The molecule has 0 saturated heterocycles. The standard InChI is InChI=1S/C13H16ClN3O2/c1-17-12(14)7-16-13(17)8-19-11-4-3-10(18-2)5-9(11)6-15/h3-5,7H,6,8,15H2,1-2H3. The van der Waals surface area contributed by atoms with Gasteiger partial charge in [-0.15, -0.1) is 0 Å². The zero-order chi connectivity index (χ0) is 13.8. The van der Waals surface area contributed by atoms with Crippen molar-refractivity contribution in [3.63, 3.8) is 0 Å². The minimum atomic E-state index is 0.336. The number of halogens is 1. The van der Waals surface area contributed by atoms with E-state index in [4.69, 9.17) is 26.8 Å². The van der Waals surface area contributed by atoms with E-state index in [1.165, 1.54) is 0 Å². The summed E-state index contributed by atoms with van der Waals surface area (Å²) in [5, 5.41) is 0.576. The molecule has 0 saturated carbocycles. The van der Waals surface area contributed by atoms with Crippen molar-refractivity contribution >= 4 is 11.6 Å². The Labute approximate surface area is 116 Å². The van der Waals surface area contributed by atoms with Crippen molar-refractivity contribution < 1.29 is 9.47 Å². The molecule has 0 radical (unpaired) electrons. The number of imidazole rings is 1. The van der Waals surface area contributed by atoms with Gasteiger partial charge in [-0.3, -0.25) is 0 Å². The molecule has 0 bridgehead atoms. The van der Waals surface area contributed by atoms with Crippen LogP contribution in [0.1, 0.15) is 11.4 Å². The van der Waals surface area contributed by atoms with E-state index < -0.39 is 0 Å². The summed E-state index contributed by atoms with van der Waals surface area (Å²) in [6, 6.07) is 5.53.